The summed E-state index contributed by atoms with van der Waals surface area (Å²) in [5.41, 5.74) is 2.39. The molecule has 7 heteroatoms. The van der Waals surface area contributed by atoms with Crippen molar-refractivity contribution in [3.05, 3.63) is 39.8 Å². The maximum Gasteiger partial charge on any atom is 0.337 e. The Hall–Kier alpha value is -1.34. The number of nitrogens with zero attached hydrogens (tertiary/aromatic N) is 3. The minimum absolute atomic E-state index is 0.201. The molecule has 1 N–H and O–H groups in total. The molecule has 0 aliphatic heterocycles. The zero-order valence-corrected chi connectivity index (χ0v) is 14.2. The molecule has 0 saturated heterocycles. The number of rotatable bonds is 6. The first-order valence-corrected chi connectivity index (χ1v) is 8.40. The largest absolute Gasteiger partial charge is 0.478 e. The van der Waals surface area contributed by atoms with E-state index in [9.17, 15) is 4.79 Å². The highest BCUT2D eigenvalue weighted by molar-refractivity contribution is 9.10. The third-order valence-corrected chi connectivity index (χ3v) is 4.90. The van der Waals surface area contributed by atoms with Crippen LogP contribution < -0.4 is 0 Å². The topological polar surface area (TPSA) is 68.0 Å². The molecule has 0 spiro atoms. The summed E-state index contributed by atoms with van der Waals surface area (Å²) in [5.74, 6) is -0.223. The number of aromatic nitrogens is 3. The van der Waals surface area contributed by atoms with Gasteiger partial charge in [-0.2, -0.15) is 5.10 Å². The minimum atomic E-state index is -0.960. The second-order valence-corrected chi connectivity index (χ2v) is 6.14. The number of carbonyl (C=O) groups is 1. The molecule has 0 fully saturated rings. The van der Waals surface area contributed by atoms with Gasteiger partial charge in [0.25, 0.3) is 0 Å². The van der Waals surface area contributed by atoms with Crippen LogP contribution in [0.3, 0.4) is 0 Å². The van der Waals surface area contributed by atoms with E-state index in [1.54, 1.807) is 23.9 Å². The molecule has 0 bridgehead atoms. The van der Waals surface area contributed by atoms with Gasteiger partial charge in [-0.1, -0.05) is 6.92 Å². The van der Waals surface area contributed by atoms with Gasteiger partial charge in [0.1, 0.15) is 0 Å². The first-order valence-electron chi connectivity index (χ1n) is 6.63. The molecule has 2 heterocycles. The first kappa shape index (κ1) is 16.0. The molecule has 0 saturated carbocycles. The molecule has 0 aromatic carbocycles. The van der Waals surface area contributed by atoms with E-state index in [0.29, 0.717) is 0 Å². The number of thioether (sulfide) groups is 1. The van der Waals surface area contributed by atoms with Crippen LogP contribution in [-0.2, 0) is 18.7 Å². The molecule has 112 valence electrons. The highest BCUT2D eigenvalue weighted by Crippen LogP contribution is 2.28. The summed E-state index contributed by atoms with van der Waals surface area (Å²) in [6.45, 7) is 4.96. The second-order valence-electron chi connectivity index (χ2n) is 4.36. The van der Waals surface area contributed by atoms with Crippen LogP contribution >= 0.6 is 27.7 Å². The van der Waals surface area contributed by atoms with Crippen molar-refractivity contribution in [2.45, 2.75) is 37.6 Å². The highest BCUT2D eigenvalue weighted by atomic mass is 79.9. The zero-order chi connectivity index (χ0) is 15.4. The van der Waals surface area contributed by atoms with Gasteiger partial charge in [0.05, 0.1) is 26.4 Å². The lowest BCUT2D eigenvalue weighted by atomic mass is 10.3. The third kappa shape index (κ3) is 3.65. The quantitative estimate of drug-likeness (QED) is 0.787. The van der Waals surface area contributed by atoms with Gasteiger partial charge in [-0.25, -0.2) is 9.78 Å². The van der Waals surface area contributed by atoms with Gasteiger partial charge in [0.2, 0.25) is 0 Å². The standard InChI is InChI=1S/C14H16BrN3O2S/c1-3-10-13(15)11(18(4-2)17-10)8-21-12-6-5-9(7-16-12)14(19)20/h5-7H,3-4,8H2,1-2H3,(H,19,20). The van der Waals surface area contributed by atoms with Crippen LogP contribution in [0.25, 0.3) is 0 Å². The number of aryl methyl sites for hydroxylation is 2. The zero-order valence-electron chi connectivity index (χ0n) is 11.8. The van der Waals surface area contributed by atoms with Gasteiger partial charge in [0.15, 0.2) is 0 Å². The monoisotopic (exact) mass is 369 g/mol. The van der Waals surface area contributed by atoms with E-state index < -0.39 is 5.97 Å². The lowest BCUT2D eigenvalue weighted by molar-refractivity contribution is 0.0696. The van der Waals surface area contributed by atoms with Crippen molar-refractivity contribution in [1.29, 1.82) is 0 Å². The summed E-state index contributed by atoms with van der Waals surface area (Å²) in [4.78, 5) is 15.0. The minimum Gasteiger partial charge on any atom is -0.478 e. The fourth-order valence-corrected chi connectivity index (χ4v) is 3.65. The second kappa shape index (κ2) is 7.09. The van der Waals surface area contributed by atoms with Gasteiger partial charge in [0, 0.05) is 18.5 Å². The average Bonchev–Trinajstić information content (AvgIpc) is 2.81. The predicted octanol–water partition coefficient (Wildman–Crippen LogP) is 3.61. The molecule has 21 heavy (non-hydrogen) atoms. The summed E-state index contributed by atoms with van der Waals surface area (Å²) in [5, 5.41) is 14.2. The van der Waals surface area contributed by atoms with Crippen molar-refractivity contribution in [2.75, 3.05) is 0 Å². The van der Waals surface area contributed by atoms with Crippen LogP contribution in [0, 0.1) is 0 Å². The Morgan fingerprint density at radius 1 is 1.43 bits per heavy atom. The van der Waals surface area contributed by atoms with Crippen molar-refractivity contribution < 1.29 is 9.90 Å². The first-order chi connectivity index (χ1) is 10.1. The van der Waals surface area contributed by atoms with Crippen LogP contribution in [0.5, 0.6) is 0 Å². The molecular weight excluding hydrogens is 354 g/mol. The van der Waals surface area contributed by atoms with Gasteiger partial charge in [-0.15, -0.1) is 11.8 Å². The number of hydrogen-bond donors (Lipinski definition) is 1. The Morgan fingerprint density at radius 3 is 2.71 bits per heavy atom. The number of carboxylic acids is 1. The summed E-state index contributed by atoms with van der Waals surface area (Å²) in [6.07, 6.45) is 2.27. The number of halogens is 1. The fraction of sp³-hybridized carbons (Fsp3) is 0.357. The molecule has 0 atom stereocenters. The normalized spacial score (nSPS) is 10.8. The van der Waals surface area contributed by atoms with E-state index in [1.807, 2.05) is 4.68 Å². The van der Waals surface area contributed by atoms with Gasteiger partial charge in [-0.05, 0) is 41.4 Å². The van der Waals surface area contributed by atoms with Crippen molar-refractivity contribution in [3.63, 3.8) is 0 Å². The van der Waals surface area contributed by atoms with Gasteiger partial charge in [-0.3, -0.25) is 4.68 Å². The summed E-state index contributed by atoms with van der Waals surface area (Å²) >= 11 is 5.18. The van der Waals surface area contributed by atoms with Crippen LogP contribution in [0.4, 0.5) is 0 Å². The van der Waals surface area contributed by atoms with E-state index >= 15 is 0 Å². The van der Waals surface area contributed by atoms with Crippen molar-refractivity contribution in [3.8, 4) is 0 Å². The molecule has 5 nitrogen and oxygen atoms in total. The molecule has 2 rings (SSSR count). The molecular formula is C14H16BrN3O2S. The van der Waals surface area contributed by atoms with Gasteiger partial charge < -0.3 is 5.11 Å². The van der Waals surface area contributed by atoms with Crippen LogP contribution in [0.1, 0.15) is 35.6 Å². The SMILES string of the molecule is CCc1nn(CC)c(CSc2ccc(C(=O)O)cn2)c1Br. The third-order valence-electron chi connectivity index (χ3n) is 3.03. The summed E-state index contributed by atoms with van der Waals surface area (Å²) in [7, 11) is 0. The van der Waals surface area contributed by atoms with E-state index in [1.165, 1.54) is 6.20 Å². The molecule has 2 aromatic heterocycles. The Balaban J connectivity index is 2.12. The van der Waals surface area contributed by atoms with Crippen LogP contribution in [0.2, 0.25) is 0 Å². The number of carboxylic acid groups (broad SMARTS) is 1. The molecule has 0 aliphatic carbocycles. The highest BCUT2D eigenvalue weighted by Gasteiger charge is 2.14. The van der Waals surface area contributed by atoms with Crippen LogP contribution in [0.15, 0.2) is 27.8 Å². The summed E-state index contributed by atoms with van der Waals surface area (Å²) < 4.78 is 3.04. The molecule has 0 radical (unpaired) electrons. The van der Waals surface area contributed by atoms with Gasteiger partial charge >= 0.3 is 5.97 Å². The van der Waals surface area contributed by atoms with Crippen molar-refractivity contribution in [2.24, 2.45) is 0 Å². The maximum atomic E-state index is 10.8. The molecule has 0 unspecified atom stereocenters. The Bertz CT molecular complexity index is 640. The molecule has 0 aliphatic rings. The predicted molar refractivity (Wildman–Crippen MR) is 85.7 cm³/mol. The Labute approximate surface area is 135 Å². The Morgan fingerprint density at radius 2 is 2.19 bits per heavy atom. The van der Waals surface area contributed by atoms with E-state index in [2.05, 4.69) is 39.9 Å². The number of hydrogen-bond acceptors (Lipinski definition) is 4. The number of aromatic carboxylic acids is 1. The van der Waals surface area contributed by atoms with E-state index in [0.717, 1.165) is 39.6 Å². The molecule has 2 aromatic rings. The molecule has 0 amide bonds. The number of pyridine rings is 1. The van der Waals surface area contributed by atoms with E-state index in [4.69, 9.17) is 5.11 Å². The van der Waals surface area contributed by atoms with Crippen molar-refractivity contribution >= 4 is 33.7 Å². The smallest absolute Gasteiger partial charge is 0.337 e. The van der Waals surface area contributed by atoms with E-state index in [-0.39, 0.29) is 5.56 Å². The van der Waals surface area contributed by atoms with Crippen LogP contribution in [-0.4, -0.2) is 25.8 Å². The lowest BCUT2D eigenvalue weighted by Crippen LogP contribution is -2.02. The maximum absolute atomic E-state index is 10.8. The van der Waals surface area contributed by atoms with Crippen molar-refractivity contribution in [1.82, 2.24) is 14.8 Å². The lowest BCUT2D eigenvalue weighted by Gasteiger charge is -2.05. The Kier molecular flexibility index (Phi) is 5.41. The fourth-order valence-electron chi connectivity index (χ4n) is 1.89. The summed E-state index contributed by atoms with van der Waals surface area (Å²) in [6, 6.07) is 3.30. The average molecular weight is 370 g/mol.